The normalized spacial score (nSPS) is 30.8. The minimum Gasteiger partial charge on any atom is -0.492 e. The molecular formula is C19H29NO. The zero-order valence-corrected chi connectivity index (χ0v) is 13.9. The van der Waals surface area contributed by atoms with E-state index in [9.17, 15) is 0 Å². The lowest BCUT2D eigenvalue weighted by atomic mass is 9.83. The van der Waals surface area contributed by atoms with E-state index in [4.69, 9.17) is 4.74 Å². The number of ether oxygens (including phenoxy) is 1. The van der Waals surface area contributed by atoms with Gasteiger partial charge in [0.15, 0.2) is 0 Å². The molecule has 0 amide bonds. The van der Waals surface area contributed by atoms with Crippen molar-refractivity contribution in [1.82, 2.24) is 4.98 Å². The molecule has 2 heteroatoms. The van der Waals surface area contributed by atoms with E-state index in [0.717, 1.165) is 24.2 Å². The van der Waals surface area contributed by atoms with E-state index in [1.54, 1.807) is 0 Å². The van der Waals surface area contributed by atoms with Gasteiger partial charge in [-0.05, 0) is 61.0 Å². The van der Waals surface area contributed by atoms with Gasteiger partial charge >= 0.3 is 0 Å². The summed E-state index contributed by atoms with van der Waals surface area (Å²) in [5.74, 6) is 3.83. The summed E-state index contributed by atoms with van der Waals surface area (Å²) in [4.78, 5) is 4.64. The van der Waals surface area contributed by atoms with Gasteiger partial charge in [-0.1, -0.05) is 27.7 Å². The number of aromatic nitrogens is 1. The maximum Gasteiger partial charge on any atom is 0.137 e. The Balaban J connectivity index is 1.54. The van der Waals surface area contributed by atoms with Crippen molar-refractivity contribution in [2.45, 2.75) is 59.3 Å². The second-order valence-electron chi connectivity index (χ2n) is 7.90. The molecule has 3 rings (SSSR count). The lowest BCUT2D eigenvalue weighted by Crippen LogP contribution is -2.13. The fourth-order valence-corrected chi connectivity index (χ4v) is 3.37. The fraction of sp³-hybridized carbons (Fsp3) is 0.737. The first-order valence-corrected chi connectivity index (χ1v) is 8.57. The Labute approximate surface area is 129 Å². The first-order valence-electron chi connectivity index (χ1n) is 8.57. The van der Waals surface area contributed by atoms with Crippen LogP contribution in [-0.4, -0.2) is 11.6 Å². The molecule has 4 atom stereocenters. The van der Waals surface area contributed by atoms with Crippen LogP contribution in [0.5, 0.6) is 5.75 Å². The molecule has 0 N–H and O–H groups in total. The van der Waals surface area contributed by atoms with Crippen molar-refractivity contribution in [2.75, 3.05) is 6.61 Å². The SMILES string of the molecule is CC(CC1(C)CC1C)C(C)c1ccc(OCC2CC2)cn1. The number of hydrogen-bond acceptors (Lipinski definition) is 2. The van der Waals surface area contributed by atoms with E-state index in [1.165, 1.54) is 31.4 Å². The molecule has 0 aliphatic heterocycles. The minimum atomic E-state index is 0.520. The predicted octanol–water partition coefficient (Wildman–Crippen LogP) is 5.05. The van der Waals surface area contributed by atoms with Crippen LogP contribution >= 0.6 is 0 Å². The van der Waals surface area contributed by atoms with Crippen LogP contribution in [-0.2, 0) is 0 Å². The molecule has 2 nitrogen and oxygen atoms in total. The van der Waals surface area contributed by atoms with Crippen LogP contribution in [0, 0.1) is 23.2 Å². The van der Waals surface area contributed by atoms with E-state index in [1.807, 2.05) is 6.20 Å². The molecule has 116 valence electrons. The van der Waals surface area contributed by atoms with E-state index in [-0.39, 0.29) is 0 Å². The zero-order valence-electron chi connectivity index (χ0n) is 13.9. The Hall–Kier alpha value is -1.05. The van der Waals surface area contributed by atoms with Gasteiger partial charge in [-0.2, -0.15) is 0 Å². The van der Waals surface area contributed by atoms with E-state index >= 15 is 0 Å². The van der Waals surface area contributed by atoms with Crippen molar-refractivity contribution in [1.29, 1.82) is 0 Å². The highest BCUT2D eigenvalue weighted by Crippen LogP contribution is 2.56. The Bertz CT molecular complexity index is 479. The molecule has 0 saturated heterocycles. The van der Waals surface area contributed by atoms with Gasteiger partial charge in [0.2, 0.25) is 0 Å². The first-order chi connectivity index (χ1) is 9.98. The van der Waals surface area contributed by atoms with Crippen LogP contribution in [0.3, 0.4) is 0 Å². The Morgan fingerprint density at radius 3 is 2.57 bits per heavy atom. The average Bonchev–Trinajstić information content (AvgIpc) is 3.37. The molecule has 0 aromatic carbocycles. The molecule has 1 aromatic heterocycles. The van der Waals surface area contributed by atoms with Crippen molar-refractivity contribution < 1.29 is 4.74 Å². The molecule has 0 spiro atoms. The molecule has 0 radical (unpaired) electrons. The maximum absolute atomic E-state index is 5.77. The topological polar surface area (TPSA) is 22.1 Å². The highest BCUT2D eigenvalue weighted by atomic mass is 16.5. The summed E-state index contributed by atoms with van der Waals surface area (Å²) in [6.07, 6.45) is 7.28. The first kappa shape index (κ1) is 14.9. The Morgan fingerprint density at radius 1 is 1.33 bits per heavy atom. The monoisotopic (exact) mass is 287 g/mol. The van der Waals surface area contributed by atoms with Crippen LogP contribution in [0.25, 0.3) is 0 Å². The summed E-state index contributed by atoms with van der Waals surface area (Å²) in [5.41, 5.74) is 1.79. The second kappa shape index (κ2) is 5.62. The molecular weight excluding hydrogens is 258 g/mol. The number of nitrogens with zero attached hydrogens (tertiary/aromatic N) is 1. The summed E-state index contributed by atoms with van der Waals surface area (Å²) in [6.45, 7) is 10.4. The molecule has 4 unspecified atom stereocenters. The molecule has 1 heterocycles. The minimum absolute atomic E-state index is 0.520. The van der Waals surface area contributed by atoms with Gasteiger partial charge in [0.25, 0.3) is 0 Å². The van der Waals surface area contributed by atoms with Gasteiger partial charge in [0.1, 0.15) is 5.75 Å². The molecule has 2 saturated carbocycles. The number of hydrogen-bond donors (Lipinski definition) is 0. The molecule has 2 aliphatic rings. The van der Waals surface area contributed by atoms with Gasteiger partial charge < -0.3 is 4.74 Å². The smallest absolute Gasteiger partial charge is 0.137 e. The maximum atomic E-state index is 5.77. The summed E-state index contributed by atoms with van der Waals surface area (Å²) >= 11 is 0. The molecule has 2 aliphatic carbocycles. The summed E-state index contributed by atoms with van der Waals surface area (Å²) < 4.78 is 5.77. The molecule has 0 bridgehead atoms. The van der Waals surface area contributed by atoms with Gasteiger partial charge in [-0.3, -0.25) is 4.98 Å². The van der Waals surface area contributed by atoms with Crippen molar-refractivity contribution in [2.24, 2.45) is 23.2 Å². The van der Waals surface area contributed by atoms with Crippen LogP contribution in [0.2, 0.25) is 0 Å². The average molecular weight is 287 g/mol. The summed E-state index contributed by atoms with van der Waals surface area (Å²) in [7, 11) is 0. The van der Waals surface area contributed by atoms with E-state index < -0.39 is 0 Å². The number of pyridine rings is 1. The van der Waals surface area contributed by atoms with Crippen molar-refractivity contribution in [3.8, 4) is 5.75 Å². The third-order valence-corrected chi connectivity index (χ3v) is 5.85. The number of rotatable bonds is 7. The third-order valence-electron chi connectivity index (χ3n) is 5.85. The van der Waals surface area contributed by atoms with Gasteiger partial charge in [0, 0.05) is 11.6 Å². The second-order valence-corrected chi connectivity index (χ2v) is 7.90. The highest BCUT2D eigenvalue weighted by Gasteiger charge is 2.47. The zero-order chi connectivity index (χ0) is 15.0. The van der Waals surface area contributed by atoms with Crippen molar-refractivity contribution in [3.63, 3.8) is 0 Å². The lowest BCUT2D eigenvalue weighted by molar-refractivity contribution is 0.297. The van der Waals surface area contributed by atoms with E-state index in [0.29, 0.717) is 17.3 Å². The van der Waals surface area contributed by atoms with Crippen molar-refractivity contribution >= 4 is 0 Å². The Kier molecular flexibility index (Phi) is 3.98. The standard InChI is InChI=1S/C19H29NO/c1-13(9-19(4)10-14(19)2)15(3)18-8-7-17(11-20-18)21-12-16-5-6-16/h7-8,11,13-16H,5-6,9-10,12H2,1-4H3. The predicted molar refractivity (Wildman–Crippen MR) is 86.5 cm³/mol. The Morgan fingerprint density at radius 2 is 2.05 bits per heavy atom. The largest absolute Gasteiger partial charge is 0.492 e. The molecule has 1 aromatic rings. The summed E-state index contributed by atoms with van der Waals surface area (Å²) in [5, 5.41) is 0. The molecule has 21 heavy (non-hydrogen) atoms. The van der Waals surface area contributed by atoms with Gasteiger partial charge in [0.05, 0.1) is 12.8 Å². The highest BCUT2D eigenvalue weighted by molar-refractivity contribution is 5.22. The van der Waals surface area contributed by atoms with Gasteiger partial charge in [-0.25, -0.2) is 0 Å². The van der Waals surface area contributed by atoms with Crippen LogP contribution in [0.15, 0.2) is 18.3 Å². The van der Waals surface area contributed by atoms with Crippen LogP contribution < -0.4 is 4.74 Å². The van der Waals surface area contributed by atoms with E-state index in [2.05, 4.69) is 44.8 Å². The van der Waals surface area contributed by atoms with Crippen molar-refractivity contribution in [3.05, 3.63) is 24.0 Å². The van der Waals surface area contributed by atoms with Crippen LogP contribution in [0.1, 0.15) is 65.0 Å². The van der Waals surface area contributed by atoms with Crippen LogP contribution in [0.4, 0.5) is 0 Å². The summed E-state index contributed by atoms with van der Waals surface area (Å²) in [6, 6.07) is 4.25. The fourth-order valence-electron chi connectivity index (χ4n) is 3.37. The quantitative estimate of drug-likeness (QED) is 0.700. The van der Waals surface area contributed by atoms with Gasteiger partial charge in [-0.15, -0.1) is 0 Å². The third kappa shape index (κ3) is 3.59. The molecule has 2 fully saturated rings. The lowest BCUT2D eigenvalue weighted by Gasteiger charge is -2.23.